The summed E-state index contributed by atoms with van der Waals surface area (Å²) in [5.41, 5.74) is 5.84. The van der Waals surface area contributed by atoms with Crippen molar-refractivity contribution in [1.29, 1.82) is 0 Å². The highest BCUT2D eigenvalue weighted by molar-refractivity contribution is 5.85. The number of aryl methyl sites for hydroxylation is 1. The third kappa shape index (κ3) is 2.29. The number of hydrogen-bond donors (Lipinski definition) is 0. The first-order chi connectivity index (χ1) is 9.65. The van der Waals surface area contributed by atoms with Gasteiger partial charge in [0, 0.05) is 11.1 Å². The summed E-state index contributed by atoms with van der Waals surface area (Å²) >= 11 is 0. The van der Waals surface area contributed by atoms with E-state index >= 15 is 0 Å². The van der Waals surface area contributed by atoms with Crippen molar-refractivity contribution in [3.63, 3.8) is 0 Å². The number of rotatable bonds is 2. The first-order valence-electron chi connectivity index (χ1n) is 6.97. The van der Waals surface area contributed by atoms with Gasteiger partial charge in [-0.25, -0.2) is 9.97 Å². The van der Waals surface area contributed by atoms with Crippen molar-refractivity contribution < 1.29 is 0 Å². The summed E-state index contributed by atoms with van der Waals surface area (Å²) in [4.78, 5) is 8.57. The number of nitrogens with zero attached hydrogens (tertiary/aromatic N) is 2. The molecule has 0 aliphatic rings. The van der Waals surface area contributed by atoms with Crippen molar-refractivity contribution in [2.24, 2.45) is 0 Å². The van der Waals surface area contributed by atoms with Crippen LogP contribution in [0.15, 0.2) is 48.8 Å². The van der Waals surface area contributed by atoms with Gasteiger partial charge in [0.2, 0.25) is 0 Å². The predicted molar refractivity (Wildman–Crippen MR) is 83.8 cm³/mol. The summed E-state index contributed by atoms with van der Waals surface area (Å²) in [5.74, 6) is 0.566. The zero-order valence-corrected chi connectivity index (χ0v) is 12.1. The molecule has 3 aromatic rings. The monoisotopic (exact) mass is 262 g/mol. The standard InChI is InChI=1S/C18H18N2/c1-12(2)14-4-6-15(7-5-14)16-8-9-18-17(10-16)13(3)19-11-20-18/h4-12H,1-3H3. The summed E-state index contributed by atoms with van der Waals surface area (Å²) in [6.45, 7) is 6.45. The van der Waals surface area contributed by atoms with Crippen LogP contribution in [0, 0.1) is 6.92 Å². The van der Waals surface area contributed by atoms with Crippen LogP contribution in [0.3, 0.4) is 0 Å². The van der Waals surface area contributed by atoms with Crippen LogP contribution in [0.2, 0.25) is 0 Å². The Hall–Kier alpha value is -2.22. The van der Waals surface area contributed by atoms with Crippen LogP contribution in [0.25, 0.3) is 22.0 Å². The zero-order valence-electron chi connectivity index (χ0n) is 12.1. The van der Waals surface area contributed by atoms with Crippen molar-refractivity contribution in [3.8, 4) is 11.1 Å². The highest BCUT2D eigenvalue weighted by Crippen LogP contribution is 2.26. The third-order valence-corrected chi connectivity index (χ3v) is 3.75. The SMILES string of the molecule is Cc1ncnc2ccc(-c3ccc(C(C)C)cc3)cc12. The highest BCUT2D eigenvalue weighted by atomic mass is 14.8. The molecule has 0 N–H and O–H groups in total. The minimum Gasteiger partial charge on any atom is -0.241 e. The van der Waals surface area contributed by atoms with Gasteiger partial charge in [-0.05, 0) is 41.7 Å². The second-order valence-corrected chi connectivity index (χ2v) is 5.47. The van der Waals surface area contributed by atoms with Crippen LogP contribution in [-0.2, 0) is 0 Å². The molecule has 2 nitrogen and oxygen atoms in total. The fourth-order valence-corrected chi connectivity index (χ4v) is 2.43. The Labute approximate surface area is 119 Å². The molecule has 0 spiro atoms. The quantitative estimate of drug-likeness (QED) is 0.667. The Morgan fingerprint density at radius 3 is 2.25 bits per heavy atom. The lowest BCUT2D eigenvalue weighted by Crippen LogP contribution is -1.89. The Bertz CT molecular complexity index is 743. The lowest BCUT2D eigenvalue weighted by molar-refractivity contribution is 0.867. The van der Waals surface area contributed by atoms with E-state index in [9.17, 15) is 0 Å². The molecule has 1 heterocycles. The van der Waals surface area contributed by atoms with E-state index in [4.69, 9.17) is 0 Å². The van der Waals surface area contributed by atoms with Crippen LogP contribution in [0.5, 0.6) is 0 Å². The summed E-state index contributed by atoms with van der Waals surface area (Å²) in [5, 5.41) is 1.12. The van der Waals surface area contributed by atoms with Crippen LogP contribution in [-0.4, -0.2) is 9.97 Å². The third-order valence-electron chi connectivity index (χ3n) is 3.75. The van der Waals surface area contributed by atoms with Gasteiger partial charge in [0.1, 0.15) is 6.33 Å². The molecule has 20 heavy (non-hydrogen) atoms. The largest absolute Gasteiger partial charge is 0.241 e. The maximum absolute atomic E-state index is 4.30. The summed E-state index contributed by atoms with van der Waals surface area (Å²) < 4.78 is 0. The van der Waals surface area contributed by atoms with Crippen LogP contribution >= 0.6 is 0 Å². The molecule has 0 fully saturated rings. The molecular formula is C18H18N2. The predicted octanol–water partition coefficient (Wildman–Crippen LogP) is 4.73. The highest BCUT2D eigenvalue weighted by Gasteiger charge is 2.04. The molecule has 0 aliphatic heterocycles. The smallest absolute Gasteiger partial charge is 0.116 e. The average Bonchev–Trinajstić information content (AvgIpc) is 2.47. The van der Waals surface area contributed by atoms with E-state index in [2.05, 4.69) is 66.3 Å². The fourth-order valence-electron chi connectivity index (χ4n) is 2.43. The van der Waals surface area contributed by atoms with Gasteiger partial charge in [0.15, 0.2) is 0 Å². The van der Waals surface area contributed by atoms with Crippen LogP contribution in [0.1, 0.15) is 31.0 Å². The Balaban J connectivity index is 2.07. The van der Waals surface area contributed by atoms with E-state index in [1.807, 2.05) is 6.92 Å². The molecule has 100 valence electrons. The van der Waals surface area contributed by atoms with Gasteiger partial charge in [0.05, 0.1) is 5.52 Å². The van der Waals surface area contributed by atoms with E-state index in [1.165, 1.54) is 16.7 Å². The molecule has 0 saturated heterocycles. The van der Waals surface area contributed by atoms with Gasteiger partial charge in [-0.3, -0.25) is 0 Å². The van der Waals surface area contributed by atoms with E-state index < -0.39 is 0 Å². The second kappa shape index (κ2) is 5.04. The van der Waals surface area contributed by atoms with E-state index in [0.29, 0.717) is 5.92 Å². The molecule has 0 radical (unpaired) electrons. The first-order valence-corrected chi connectivity index (χ1v) is 6.97. The Kier molecular flexibility index (Phi) is 3.23. The average molecular weight is 262 g/mol. The van der Waals surface area contributed by atoms with Gasteiger partial charge in [-0.1, -0.05) is 44.2 Å². The molecule has 0 saturated carbocycles. The van der Waals surface area contributed by atoms with Gasteiger partial charge in [-0.2, -0.15) is 0 Å². The molecule has 0 atom stereocenters. The fraction of sp³-hybridized carbons (Fsp3) is 0.222. The van der Waals surface area contributed by atoms with E-state index in [0.717, 1.165) is 16.6 Å². The molecule has 3 rings (SSSR count). The van der Waals surface area contributed by atoms with E-state index in [1.54, 1.807) is 6.33 Å². The topological polar surface area (TPSA) is 25.8 Å². The normalized spacial score (nSPS) is 11.2. The molecule has 0 amide bonds. The number of aromatic nitrogens is 2. The van der Waals surface area contributed by atoms with Crippen molar-refractivity contribution in [2.75, 3.05) is 0 Å². The zero-order chi connectivity index (χ0) is 14.1. The molecule has 2 heteroatoms. The maximum Gasteiger partial charge on any atom is 0.116 e. The van der Waals surface area contributed by atoms with Gasteiger partial charge < -0.3 is 0 Å². The van der Waals surface area contributed by atoms with Crippen molar-refractivity contribution in [2.45, 2.75) is 26.7 Å². The van der Waals surface area contributed by atoms with Crippen molar-refractivity contribution >= 4 is 10.9 Å². The number of benzene rings is 2. The second-order valence-electron chi connectivity index (χ2n) is 5.47. The van der Waals surface area contributed by atoms with Crippen LogP contribution in [0.4, 0.5) is 0 Å². The maximum atomic E-state index is 4.30. The van der Waals surface area contributed by atoms with Gasteiger partial charge in [-0.15, -0.1) is 0 Å². The molecular weight excluding hydrogens is 244 g/mol. The molecule has 0 bridgehead atoms. The summed E-state index contributed by atoms with van der Waals surface area (Å²) in [6, 6.07) is 15.2. The first kappa shape index (κ1) is 12.8. The number of fused-ring (bicyclic) bond motifs is 1. The minimum absolute atomic E-state index is 0.566. The lowest BCUT2D eigenvalue weighted by Gasteiger charge is -2.08. The molecule has 0 aliphatic carbocycles. The minimum atomic E-state index is 0.566. The molecule has 2 aromatic carbocycles. The van der Waals surface area contributed by atoms with E-state index in [-0.39, 0.29) is 0 Å². The van der Waals surface area contributed by atoms with Gasteiger partial charge in [0.25, 0.3) is 0 Å². The van der Waals surface area contributed by atoms with Gasteiger partial charge >= 0.3 is 0 Å². The number of hydrogen-bond acceptors (Lipinski definition) is 2. The van der Waals surface area contributed by atoms with Crippen molar-refractivity contribution in [1.82, 2.24) is 9.97 Å². The summed E-state index contributed by atoms with van der Waals surface area (Å²) in [6.07, 6.45) is 1.62. The summed E-state index contributed by atoms with van der Waals surface area (Å²) in [7, 11) is 0. The molecule has 0 unspecified atom stereocenters. The lowest BCUT2D eigenvalue weighted by atomic mass is 9.98. The van der Waals surface area contributed by atoms with Crippen molar-refractivity contribution in [3.05, 3.63) is 60.0 Å². The Morgan fingerprint density at radius 2 is 1.55 bits per heavy atom. The van der Waals surface area contributed by atoms with Crippen LogP contribution < -0.4 is 0 Å². The molecule has 1 aromatic heterocycles. The Morgan fingerprint density at radius 1 is 0.850 bits per heavy atom.